The molecule has 2 fully saturated rings. The number of carbonyl (C=O) groups excluding carboxylic acids is 1. The van der Waals surface area contributed by atoms with Crippen LogP contribution in [0.4, 0.5) is 5.69 Å². The lowest BCUT2D eigenvalue weighted by molar-refractivity contribution is -0.135. The van der Waals surface area contributed by atoms with Gasteiger partial charge in [-0.05, 0) is 18.4 Å². The first kappa shape index (κ1) is 19.1. The summed E-state index contributed by atoms with van der Waals surface area (Å²) in [5, 5.41) is 4.36. The van der Waals surface area contributed by atoms with Crippen LogP contribution in [0.15, 0.2) is 47.4 Å². The quantitative estimate of drug-likeness (QED) is 0.789. The first-order valence-corrected chi connectivity index (χ1v) is 11.1. The molecule has 1 amide bonds. The Labute approximate surface area is 169 Å². The molecule has 2 aliphatic heterocycles. The third-order valence-electron chi connectivity index (χ3n) is 5.56. The van der Waals surface area contributed by atoms with Gasteiger partial charge in [-0.1, -0.05) is 30.3 Å². The predicted octanol–water partition coefficient (Wildman–Crippen LogP) is 2.08. The molecule has 28 heavy (non-hydrogen) atoms. The van der Waals surface area contributed by atoms with E-state index in [0.29, 0.717) is 12.5 Å². The van der Waals surface area contributed by atoms with E-state index >= 15 is 0 Å². The molecule has 0 saturated carbocycles. The summed E-state index contributed by atoms with van der Waals surface area (Å²) in [4.78, 5) is 29.4. The van der Waals surface area contributed by atoms with E-state index < -0.39 is 0 Å². The number of thioether (sulfide) groups is 1. The first-order chi connectivity index (χ1) is 13.7. The Kier molecular flexibility index (Phi) is 6.00. The highest BCUT2D eigenvalue weighted by Crippen LogP contribution is 2.24. The first-order valence-electron chi connectivity index (χ1n) is 9.93. The summed E-state index contributed by atoms with van der Waals surface area (Å²) < 4.78 is 1.49. The van der Waals surface area contributed by atoms with Gasteiger partial charge in [-0.15, -0.1) is 0 Å². The third kappa shape index (κ3) is 4.41. The zero-order chi connectivity index (χ0) is 19.3. The Morgan fingerprint density at radius 2 is 1.79 bits per heavy atom. The van der Waals surface area contributed by atoms with Crippen LogP contribution in [0.1, 0.15) is 18.4 Å². The van der Waals surface area contributed by atoms with Gasteiger partial charge in [-0.2, -0.15) is 16.9 Å². The summed E-state index contributed by atoms with van der Waals surface area (Å²) in [7, 11) is 0. The molecule has 0 N–H and O–H groups in total. The van der Waals surface area contributed by atoms with Crippen molar-refractivity contribution in [3.8, 4) is 0 Å². The smallest absolute Gasteiger partial charge is 0.269 e. The standard InChI is InChI=1S/C21H26N4O2S/c26-20-14-19(15-22-25(20)16-17-4-2-1-3-5-17)23-8-6-18(7-9-23)21(27)24-10-12-28-13-11-24/h1-5,14-15,18H,6-13,16H2. The second kappa shape index (κ2) is 8.82. The number of aromatic nitrogens is 2. The number of amides is 1. The van der Waals surface area contributed by atoms with Crippen LogP contribution in [-0.2, 0) is 11.3 Å². The van der Waals surface area contributed by atoms with E-state index in [9.17, 15) is 9.59 Å². The summed E-state index contributed by atoms with van der Waals surface area (Å²) in [6, 6.07) is 11.5. The highest BCUT2D eigenvalue weighted by Gasteiger charge is 2.29. The van der Waals surface area contributed by atoms with Crippen molar-refractivity contribution in [3.05, 3.63) is 58.5 Å². The van der Waals surface area contributed by atoms with Crippen molar-refractivity contribution in [1.82, 2.24) is 14.7 Å². The predicted molar refractivity (Wildman–Crippen MR) is 113 cm³/mol. The Balaban J connectivity index is 1.36. The molecule has 0 radical (unpaired) electrons. The minimum absolute atomic E-state index is 0.0923. The van der Waals surface area contributed by atoms with Crippen molar-refractivity contribution >= 4 is 23.4 Å². The van der Waals surface area contributed by atoms with Crippen molar-refractivity contribution in [2.24, 2.45) is 5.92 Å². The van der Waals surface area contributed by atoms with Crippen molar-refractivity contribution in [2.75, 3.05) is 42.6 Å². The molecular weight excluding hydrogens is 372 g/mol. The van der Waals surface area contributed by atoms with E-state index in [-0.39, 0.29) is 11.5 Å². The fourth-order valence-corrected chi connectivity index (χ4v) is 4.80. The van der Waals surface area contributed by atoms with E-state index in [1.165, 1.54) is 4.68 Å². The van der Waals surface area contributed by atoms with Crippen molar-refractivity contribution in [3.63, 3.8) is 0 Å². The molecule has 148 valence electrons. The second-order valence-electron chi connectivity index (χ2n) is 7.39. The summed E-state index contributed by atoms with van der Waals surface area (Å²) in [5.41, 5.74) is 1.82. The number of nitrogens with zero attached hydrogens (tertiary/aromatic N) is 4. The summed E-state index contributed by atoms with van der Waals surface area (Å²) in [5.74, 6) is 2.53. The highest BCUT2D eigenvalue weighted by molar-refractivity contribution is 7.99. The van der Waals surface area contributed by atoms with E-state index in [2.05, 4.69) is 10.00 Å². The van der Waals surface area contributed by atoms with Gasteiger partial charge in [-0.3, -0.25) is 9.59 Å². The number of carbonyl (C=O) groups is 1. The molecule has 0 spiro atoms. The average molecular weight is 399 g/mol. The van der Waals surface area contributed by atoms with Crippen LogP contribution in [0.5, 0.6) is 0 Å². The second-order valence-corrected chi connectivity index (χ2v) is 8.62. The fourth-order valence-electron chi connectivity index (χ4n) is 3.90. The van der Waals surface area contributed by atoms with Crippen LogP contribution in [0.2, 0.25) is 0 Å². The van der Waals surface area contributed by atoms with E-state index in [4.69, 9.17) is 0 Å². The van der Waals surface area contributed by atoms with E-state index in [1.807, 2.05) is 47.0 Å². The number of hydrogen-bond donors (Lipinski definition) is 0. The Hall–Kier alpha value is -2.28. The normalized spacial score (nSPS) is 18.3. The average Bonchev–Trinajstić information content (AvgIpc) is 2.76. The molecule has 0 aliphatic carbocycles. The van der Waals surface area contributed by atoms with Gasteiger partial charge in [0.2, 0.25) is 5.91 Å². The number of benzene rings is 1. The van der Waals surface area contributed by atoms with Gasteiger partial charge in [0.15, 0.2) is 0 Å². The van der Waals surface area contributed by atoms with Crippen LogP contribution in [0, 0.1) is 5.92 Å². The van der Waals surface area contributed by atoms with Crippen LogP contribution in [-0.4, -0.2) is 58.3 Å². The maximum atomic E-state index is 12.7. The van der Waals surface area contributed by atoms with Crippen LogP contribution < -0.4 is 10.5 Å². The zero-order valence-electron chi connectivity index (χ0n) is 16.0. The molecule has 0 bridgehead atoms. The molecule has 1 aromatic heterocycles. The topological polar surface area (TPSA) is 58.4 Å². The van der Waals surface area contributed by atoms with Gasteiger partial charge in [0, 0.05) is 49.7 Å². The largest absolute Gasteiger partial charge is 0.370 e. The van der Waals surface area contributed by atoms with Gasteiger partial charge in [0.1, 0.15) is 0 Å². The molecule has 6 nitrogen and oxygen atoms in total. The van der Waals surface area contributed by atoms with Gasteiger partial charge >= 0.3 is 0 Å². The monoisotopic (exact) mass is 398 g/mol. The third-order valence-corrected chi connectivity index (χ3v) is 6.50. The minimum Gasteiger partial charge on any atom is -0.370 e. The Morgan fingerprint density at radius 1 is 1.07 bits per heavy atom. The number of piperidine rings is 1. The number of hydrogen-bond acceptors (Lipinski definition) is 5. The molecule has 4 rings (SSSR count). The molecule has 7 heteroatoms. The Morgan fingerprint density at radius 3 is 2.46 bits per heavy atom. The van der Waals surface area contributed by atoms with Crippen LogP contribution >= 0.6 is 11.8 Å². The van der Waals surface area contributed by atoms with E-state index in [0.717, 1.165) is 61.8 Å². The number of rotatable bonds is 4. The van der Waals surface area contributed by atoms with Crippen molar-refractivity contribution < 1.29 is 4.79 Å². The fraction of sp³-hybridized carbons (Fsp3) is 0.476. The molecule has 3 heterocycles. The van der Waals surface area contributed by atoms with Gasteiger partial charge in [0.25, 0.3) is 5.56 Å². The van der Waals surface area contributed by atoms with Gasteiger partial charge in [0.05, 0.1) is 18.4 Å². The molecule has 0 atom stereocenters. The SMILES string of the molecule is O=C(C1CCN(c2cnn(Cc3ccccc3)c(=O)c2)CC1)N1CCSCC1. The molecule has 2 aliphatic rings. The zero-order valence-corrected chi connectivity index (χ0v) is 16.8. The summed E-state index contributed by atoms with van der Waals surface area (Å²) in [6.45, 7) is 3.83. The summed E-state index contributed by atoms with van der Waals surface area (Å²) >= 11 is 1.92. The van der Waals surface area contributed by atoms with Crippen molar-refractivity contribution in [1.29, 1.82) is 0 Å². The lowest BCUT2D eigenvalue weighted by Gasteiger charge is -2.36. The molecular formula is C21H26N4O2S. The lowest BCUT2D eigenvalue weighted by Crippen LogP contribution is -2.45. The Bertz CT molecular complexity index is 856. The maximum Gasteiger partial charge on any atom is 0.269 e. The van der Waals surface area contributed by atoms with E-state index in [1.54, 1.807) is 12.3 Å². The van der Waals surface area contributed by atoms with Crippen molar-refractivity contribution in [2.45, 2.75) is 19.4 Å². The lowest BCUT2D eigenvalue weighted by atomic mass is 9.95. The summed E-state index contributed by atoms with van der Waals surface area (Å²) in [6.07, 6.45) is 3.46. The van der Waals surface area contributed by atoms with Crippen LogP contribution in [0.3, 0.4) is 0 Å². The highest BCUT2D eigenvalue weighted by atomic mass is 32.2. The minimum atomic E-state index is -0.0923. The van der Waals surface area contributed by atoms with Crippen LogP contribution in [0.25, 0.3) is 0 Å². The van der Waals surface area contributed by atoms with Gasteiger partial charge in [-0.25, -0.2) is 4.68 Å². The van der Waals surface area contributed by atoms with Gasteiger partial charge < -0.3 is 9.80 Å². The molecule has 1 aromatic carbocycles. The molecule has 2 aromatic rings. The molecule has 0 unspecified atom stereocenters. The number of anilines is 1. The molecule has 2 saturated heterocycles. The maximum absolute atomic E-state index is 12.7.